The predicted molar refractivity (Wildman–Crippen MR) is 97.4 cm³/mol. The van der Waals surface area contributed by atoms with Gasteiger partial charge in [-0.1, -0.05) is 28.1 Å². The number of hydrogen-bond donors (Lipinski definition) is 1. The van der Waals surface area contributed by atoms with Gasteiger partial charge < -0.3 is 10.1 Å². The van der Waals surface area contributed by atoms with E-state index in [9.17, 15) is 14.4 Å². The first-order valence-electron chi connectivity index (χ1n) is 8.23. The third kappa shape index (κ3) is 5.56. The van der Waals surface area contributed by atoms with E-state index >= 15 is 0 Å². The number of amides is 2. The summed E-state index contributed by atoms with van der Waals surface area (Å²) in [4.78, 5) is 38.2. The zero-order chi connectivity index (χ0) is 18.6. The van der Waals surface area contributed by atoms with Crippen molar-refractivity contribution in [2.45, 2.75) is 45.3 Å². The summed E-state index contributed by atoms with van der Waals surface area (Å²) in [5.41, 5.74) is -0.0951. The van der Waals surface area contributed by atoms with Crippen molar-refractivity contribution in [2.24, 2.45) is 0 Å². The van der Waals surface area contributed by atoms with E-state index < -0.39 is 17.7 Å². The summed E-state index contributed by atoms with van der Waals surface area (Å²) in [6.45, 7) is 5.73. The number of halogens is 1. The average Bonchev–Trinajstić information content (AvgIpc) is 3.00. The molecule has 0 saturated carbocycles. The molecule has 0 spiro atoms. The van der Waals surface area contributed by atoms with E-state index in [-0.39, 0.29) is 18.2 Å². The van der Waals surface area contributed by atoms with Gasteiger partial charge in [0.05, 0.1) is 6.54 Å². The Morgan fingerprint density at radius 1 is 1.32 bits per heavy atom. The van der Waals surface area contributed by atoms with Crippen molar-refractivity contribution in [3.05, 3.63) is 34.3 Å². The molecule has 1 saturated heterocycles. The first-order valence-corrected chi connectivity index (χ1v) is 9.03. The van der Waals surface area contributed by atoms with Gasteiger partial charge in [-0.2, -0.15) is 0 Å². The molecule has 25 heavy (non-hydrogen) atoms. The second-order valence-electron chi connectivity index (χ2n) is 6.98. The molecule has 2 amide bonds. The number of carbonyl (C=O) groups excluding carboxylic acids is 3. The van der Waals surface area contributed by atoms with Crippen molar-refractivity contribution in [3.63, 3.8) is 0 Å². The highest BCUT2D eigenvalue weighted by atomic mass is 79.9. The topological polar surface area (TPSA) is 75.7 Å². The second kappa shape index (κ2) is 7.99. The van der Waals surface area contributed by atoms with Crippen LogP contribution in [0.2, 0.25) is 0 Å². The molecule has 7 heteroatoms. The highest BCUT2D eigenvalue weighted by Gasteiger charge is 2.36. The highest BCUT2D eigenvalue weighted by Crippen LogP contribution is 2.21. The Labute approximate surface area is 156 Å². The van der Waals surface area contributed by atoms with Crippen LogP contribution in [-0.2, 0) is 9.53 Å². The molecule has 1 aliphatic rings. The van der Waals surface area contributed by atoms with Gasteiger partial charge in [0.1, 0.15) is 11.6 Å². The molecule has 2 rings (SSSR count). The Morgan fingerprint density at radius 3 is 2.68 bits per heavy atom. The third-order valence-electron chi connectivity index (χ3n) is 3.75. The summed E-state index contributed by atoms with van der Waals surface area (Å²) in [6.07, 6.45) is 0.802. The SMILES string of the molecule is CC(C)(C)OC(=O)N1CCCC1C(=O)NCC(=O)c1cccc(Br)c1. The van der Waals surface area contributed by atoms with Crippen molar-refractivity contribution in [1.82, 2.24) is 10.2 Å². The Hall–Kier alpha value is -1.89. The van der Waals surface area contributed by atoms with Gasteiger partial charge in [-0.15, -0.1) is 0 Å². The highest BCUT2D eigenvalue weighted by molar-refractivity contribution is 9.10. The van der Waals surface area contributed by atoms with Gasteiger partial charge in [-0.05, 0) is 45.7 Å². The average molecular weight is 411 g/mol. The van der Waals surface area contributed by atoms with E-state index in [1.807, 2.05) is 6.07 Å². The molecular weight excluding hydrogens is 388 g/mol. The number of benzene rings is 1. The van der Waals surface area contributed by atoms with Gasteiger partial charge >= 0.3 is 6.09 Å². The number of ketones is 1. The maximum Gasteiger partial charge on any atom is 0.410 e. The van der Waals surface area contributed by atoms with Crippen molar-refractivity contribution in [3.8, 4) is 0 Å². The summed E-state index contributed by atoms with van der Waals surface area (Å²) in [6, 6.07) is 6.40. The van der Waals surface area contributed by atoms with Crippen molar-refractivity contribution < 1.29 is 19.1 Å². The number of Topliss-reactive ketones (excluding diaryl/α,β-unsaturated/α-hetero) is 1. The molecule has 1 atom stereocenters. The Morgan fingerprint density at radius 2 is 2.04 bits per heavy atom. The molecule has 0 aromatic heterocycles. The molecule has 1 aliphatic heterocycles. The van der Waals surface area contributed by atoms with Gasteiger partial charge in [0.15, 0.2) is 5.78 Å². The minimum absolute atomic E-state index is 0.103. The molecule has 1 heterocycles. The molecule has 1 aromatic carbocycles. The molecular formula is C18H23BrN2O4. The summed E-state index contributed by atoms with van der Waals surface area (Å²) >= 11 is 3.31. The third-order valence-corrected chi connectivity index (χ3v) is 4.25. The number of likely N-dealkylation sites (tertiary alicyclic amines) is 1. The van der Waals surface area contributed by atoms with Gasteiger partial charge in [0, 0.05) is 16.6 Å². The smallest absolute Gasteiger partial charge is 0.410 e. The summed E-state index contributed by atoms with van der Waals surface area (Å²) < 4.78 is 6.15. The Kier molecular flexibility index (Phi) is 6.21. The summed E-state index contributed by atoms with van der Waals surface area (Å²) in [5, 5.41) is 2.64. The fourth-order valence-electron chi connectivity index (χ4n) is 2.63. The van der Waals surface area contributed by atoms with Crippen LogP contribution in [-0.4, -0.2) is 47.4 Å². The molecule has 1 N–H and O–H groups in total. The lowest BCUT2D eigenvalue weighted by Gasteiger charge is -2.28. The van der Waals surface area contributed by atoms with E-state index in [0.717, 1.165) is 10.9 Å². The maximum absolute atomic E-state index is 12.4. The Balaban J connectivity index is 1.93. The van der Waals surface area contributed by atoms with Crippen molar-refractivity contribution in [2.75, 3.05) is 13.1 Å². The lowest BCUT2D eigenvalue weighted by atomic mass is 10.1. The molecule has 0 aliphatic carbocycles. The fraction of sp³-hybridized carbons (Fsp3) is 0.500. The standard InChI is InChI=1S/C18H23BrN2O4/c1-18(2,3)25-17(24)21-9-5-8-14(21)16(23)20-11-15(22)12-6-4-7-13(19)10-12/h4,6-7,10,14H,5,8-9,11H2,1-3H3,(H,20,23). The molecule has 0 bridgehead atoms. The van der Waals surface area contributed by atoms with Crippen LogP contribution in [0.3, 0.4) is 0 Å². The molecule has 1 fully saturated rings. The summed E-state index contributed by atoms with van der Waals surface area (Å²) in [5.74, 6) is -0.511. The monoisotopic (exact) mass is 410 g/mol. The zero-order valence-electron chi connectivity index (χ0n) is 14.7. The van der Waals surface area contributed by atoms with E-state index in [1.165, 1.54) is 4.90 Å². The number of nitrogens with one attached hydrogen (secondary N) is 1. The number of ether oxygens (including phenoxy) is 1. The number of rotatable bonds is 4. The van der Waals surface area contributed by atoms with Crippen LogP contribution in [0.4, 0.5) is 4.79 Å². The van der Waals surface area contributed by atoms with E-state index in [0.29, 0.717) is 18.5 Å². The van der Waals surface area contributed by atoms with Crippen LogP contribution >= 0.6 is 15.9 Å². The van der Waals surface area contributed by atoms with E-state index in [4.69, 9.17) is 4.74 Å². The van der Waals surface area contributed by atoms with Gasteiger partial charge in [0.25, 0.3) is 0 Å². The fourth-order valence-corrected chi connectivity index (χ4v) is 3.03. The van der Waals surface area contributed by atoms with Gasteiger partial charge in [-0.25, -0.2) is 4.79 Å². The number of nitrogens with zero attached hydrogens (tertiary/aromatic N) is 1. The predicted octanol–water partition coefficient (Wildman–Crippen LogP) is 3.15. The van der Waals surface area contributed by atoms with Crippen molar-refractivity contribution >= 4 is 33.7 Å². The number of carbonyl (C=O) groups is 3. The molecule has 1 unspecified atom stereocenters. The largest absolute Gasteiger partial charge is 0.444 e. The second-order valence-corrected chi connectivity index (χ2v) is 7.90. The first kappa shape index (κ1) is 19.4. The zero-order valence-corrected chi connectivity index (χ0v) is 16.3. The van der Waals surface area contributed by atoms with Crippen LogP contribution in [0.25, 0.3) is 0 Å². The molecule has 6 nitrogen and oxygen atoms in total. The normalized spacial score (nSPS) is 17.3. The van der Waals surface area contributed by atoms with Gasteiger partial charge in [0.2, 0.25) is 5.91 Å². The van der Waals surface area contributed by atoms with E-state index in [2.05, 4.69) is 21.2 Å². The minimum atomic E-state index is -0.614. The van der Waals surface area contributed by atoms with Crippen LogP contribution in [0.15, 0.2) is 28.7 Å². The summed E-state index contributed by atoms with van der Waals surface area (Å²) in [7, 11) is 0. The van der Waals surface area contributed by atoms with Crippen LogP contribution in [0.1, 0.15) is 44.0 Å². The van der Waals surface area contributed by atoms with Crippen LogP contribution in [0, 0.1) is 0 Å². The molecule has 0 radical (unpaired) electrons. The van der Waals surface area contributed by atoms with E-state index in [1.54, 1.807) is 39.0 Å². The lowest BCUT2D eigenvalue weighted by molar-refractivity contribution is -0.125. The quantitative estimate of drug-likeness (QED) is 0.773. The van der Waals surface area contributed by atoms with Crippen LogP contribution < -0.4 is 5.32 Å². The van der Waals surface area contributed by atoms with Gasteiger partial charge in [-0.3, -0.25) is 14.5 Å². The Bertz CT molecular complexity index is 669. The lowest BCUT2D eigenvalue weighted by Crippen LogP contribution is -2.48. The maximum atomic E-state index is 12.4. The number of hydrogen-bond acceptors (Lipinski definition) is 4. The van der Waals surface area contributed by atoms with Crippen LogP contribution in [0.5, 0.6) is 0 Å². The van der Waals surface area contributed by atoms with Crippen molar-refractivity contribution in [1.29, 1.82) is 0 Å². The minimum Gasteiger partial charge on any atom is -0.444 e. The molecule has 1 aromatic rings. The molecule has 136 valence electrons. The first-order chi connectivity index (χ1) is 11.7.